The molecule has 0 bridgehead atoms. The number of nitrogens with one attached hydrogen (secondary N) is 1. The third kappa shape index (κ3) is 2.80. The molecule has 82 valence electrons. The highest BCUT2D eigenvalue weighted by Gasteiger charge is 2.01. The Morgan fingerprint density at radius 2 is 1.88 bits per heavy atom. The van der Waals surface area contributed by atoms with Gasteiger partial charge in [-0.3, -0.25) is 4.98 Å². The van der Waals surface area contributed by atoms with Crippen LogP contribution >= 0.6 is 31.9 Å². The van der Waals surface area contributed by atoms with E-state index >= 15 is 0 Å². The molecule has 2 rings (SSSR count). The van der Waals surface area contributed by atoms with E-state index in [0.717, 1.165) is 10.2 Å². The summed E-state index contributed by atoms with van der Waals surface area (Å²) in [6, 6.07) is 6.73. The van der Waals surface area contributed by atoms with E-state index in [4.69, 9.17) is 0 Å². The van der Waals surface area contributed by atoms with E-state index in [9.17, 15) is 4.39 Å². The maximum absolute atomic E-state index is 13.2. The average Bonchev–Trinajstić information content (AvgIpc) is 2.24. The first-order valence-corrected chi connectivity index (χ1v) is 6.06. The minimum atomic E-state index is -0.298. The van der Waals surface area contributed by atoms with E-state index < -0.39 is 0 Å². The van der Waals surface area contributed by atoms with Crippen LogP contribution in [0.5, 0.6) is 0 Å². The van der Waals surface area contributed by atoms with E-state index in [0.29, 0.717) is 10.2 Å². The van der Waals surface area contributed by atoms with Crippen molar-refractivity contribution in [3.8, 4) is 0 Å². The average molecular weight is 346 g/mol. The number of hydrogen-bond donors (Lipinski definition) is 1. The van der Waals surface area contributed by atoms with Crippen LogP contribution in [0.2, 0.25) is 0 Å². The predicted molar refractivity (Wildman–Crippen MR) is 69.3 cm³/mol. The summed E-state index contributed by atoms with van der Waals surface area (Å²) in [6.07, 6.45) is 3.36. The monoisotopic (exact) mass is 344 g/mol. The molecule has 16 heavy (non-hydrogen) atoms. The van der Waals surface area contributed by atoms with Gasteiger partial charge in [0.2, 0.25) is 0 Å². The fourth-order valence-corrected chi connectivity index (χ4v) is 1.83. The van der Waals surface area contributed by atoms with Gasteiger partial charge in [-0.2, -0.15) is 0 Å². The molecule has 0 radical (unpaired) electrons. The number of aromatic nitrogens is 1. The van der Waals surface area contributed by atoms with Crippen molar-refractivity contribution >= 4 is 43.2 Å². The number of anilines is 2. The van der Waals surface area contributed by atoms with E-state index in [-0.39, 0.29) is 5.82 Å². The molecule has 0 fully saturated rings. The van der Waals surface area contributed by atoms with Gasteiger partial charge in [0, 0.05) is 16.4 Å². The molecule has 1 heterocycles. The van der Waals surface area contributed by atoms with Gasteiger partial charge in [-0.05, 0) is 56.1 Å². The first kappa shape index (κ1) is 11.5. The van der Waals surface area contributed by atoms with Crippen LogP contribution in [0.3, 0.4) is 0 Å². The predicted octanol–water partition coefficient (Wildman–Crippen LogP) is 4.49. The molecule has 5 heteroatoms. The number of benzene rings is 1. The van der Waals surface area contributed by atoms with Crippen molar-refractivity contribution in [2.45, 2.75) is 0 Å². The molecule has 1 aromatic carbocycles. The zero-order valence-corrected chi connectivity index (χ0v) is 11.2. The highest BCUT2D eigenvalue weighted by molar-refractivity contribution is 9.10. The van der Waals surface area contributed by atoms with Gasteiger partial charge in [0.25, 0.3) is 0 Å². The zero-order chi connectivity index (χ0) is 11.5. The molecular formula is C11H7Br2FN2. The summed E-state index contributed by atoms with van der Waals surface area (Å²) in [5.41, 5.74) is 1.48. The van der Waals surface area contributed by atoms with Crippen LogP contribution in [0, 0.1) is 5.82 Å². The maximum Gasteiger partial charge on any atom is 0.139 e. The molecule has 0 atom stereocenters. The molecule has 1 N–H and O–H groups in total. The lowest BCUT2D eigenvalue weighted by Crippen LogP contribution is -1.92. The fraction of sp³-hybridized carbons (Fsp3) is 0. The number of pyridine rings is 1. The summed E-state index contributed by atoms with van der Waals surface area (Å²) >= 11 is 6.42. The minimum Gasteiger partial charge on any atom is -0.354 e. The summed E-state index contributed by atoms with van der Waals surface area (Å²) in [4.78, 5) is 4.01. The van der Waals surface area contributed by atoms with Gasteiger partial charge >= 0.3 is 0 Å². The first-order valence-electron chi connectivity index (χ1n) is 4.48. The fourth-order valence-electron chi connectivity index (χ4n) is 1.22. The molecule has 1 aromatic heterocycles. The summed E-state index contributed by atoms with van der Waals surface area (Å²) < 4.78 is 14.6. The summed E-state index contributed by atoms with van der Waals surface area (Å²) in [5, 5.41) is 3.06. The number of rotatable bonds is 2. The second kappa shape index (κ2) is 4.93. The number of nitrogens with zero attached hydrogens (tertiary/aromatic N) is 1. The van der Waals surface area contributed by atoms with Crippen LogP contribution < -0.4 is 5.32 Å². The Labute approximate surface area is 109 Å². The lowest BCUT2D eigenvalue weighted by Gasteiger charge is -2.06. The quantitative estimate of drug-likeness (QED) is 0.867. The van der Waals surface area contributed by atoms with E-state index in [1.165, 1.54) is 6.07 Å². The molecule has 0 aliphatic carbocycles. The normalized spacial score (nSPS) is 10.2. The van der Waals surface area contributed by atoms with E-state index in [1.54, 1.807) is 24.5 Å². The summed E-state index contributed by atoms with van der Waals surface area (Å²) in [6.45, 7) is 0. The van der Waals surface area contributed by atoms with Gasteiger partial charge in [0.15, 0.2) is 0 Å². The van der Waals surface area contributed by atoms with Crippen LogP contribution in [0.1, 0.15) is 0 Å². The van der Waals surface area contributed by atoms with Crippen molar-refractivity contribution in [2.24, 2.45) is 0 Å². The molecule has 0 saturated heterocycles. The van der Waals surface area contributed by atoms with Crippen LogP contribution in [0.4, 0.5) is 15.8 Å². The highest BCUT2D eigenvalue weighted by Crippen LogP contribution is 2.23. The standard InChI is InChI=1S/C11H7Br2FN2/c12-7-3-9(6-15-5-7)16-8-1-2-10(13)11(14)4-8/h1-6,16H. The number of hydrogen-bond acceptors (Lipinski definition) is 2. The Kier molecular flexibility index (Phi) is 3.56. The van der Waals surface area contributed by atoms with Gasteiger partial charge in [0.05, 0.1) is 16.4 Å². The summed E-state index contributed by atoms with van der Waals surface area (Å²) in [7, 11) is 0. The third-order valence-electron chi connectivity index (χ3n) is 1.91. The third-order valence-corrected chi connectivity index (χ3v) is 2.99. The Balaban J connectivity index is 2.24. The molecule has 2 aromatic rings. The second-order valence-corrected chi connectivity index (χ2v) is 4.92. The lowest BCUT2D eigenvalue weighted by atomic mass is 10.3. The van der Waals surface area contributed by atoms with Crippen molar-refractivity contribution in [2.75, 3.05) is 5.32 Å². The lowest BCUT2D eigenvalue weighted by molar-refractivity contribution is 0.622. The Morgan fingerprint density at radius 1 is 1.06 bits per heavy atom. The van der Waals surface area contributed by atoms with Crippen molar-refractivity contribution in [3.63, 3.8) is 0 Å². The maximum atomic E-state index is 13.2. The Morgan fingerprint density at radius 3 is 2.56 bits per heavy atom. The first-order chi connectivity index (χ1) is 7.65. The smallest absolute Gasteiger partial charge is 0.139 e. The molecule has 0 aliphatic rings. The van der Waals surface area contributed by atoms with Crippen LogP contribution in [0.25, 0.3) is 0 Å². The van der Waals surface area contributed by atoms with Crippen molar-refractivity contribution in [1.29, 1.82) is 0 Å². The molecule has 0 aliphatic heterocycles. The molecule has 2 nitrogen and oxygen atoms in total. The highest BCUT2D eigenvalue weighted by atomic mass is 79.9. The van der Waals surface area contributed by atoms with Crippen LogP contribution in [0.15, 0.2) is 45.6 Å². The van der Waals surface area contributed by atoms with Crippen LogP contribution in [-0.2, 0) is 0 Å². The van der Waals surface area contributed by atoms with Crippen LogP contribution in [-0.4, -0.2) is 4.98 Å². The Hall–Kier alpha value is -0.940. The molecule has 0 spiro atoms. The molecular weight excluding hydrogens is 339 g/mol. The summed E-state index contributed by atoms with van der Waals surface area (Å²) in [5.74, 6) is -0.298. The topological polar surface area (TPSA) is 24.9 Å². The van der Waals surface area contributed by atoms with Gasteiger partial charge in [-0.25, -0.2) is 4.39 Å². The largest absolute Gasteiger partial charge is 0.354 e. The van der Waals surface area contributed by atoms with E-state index in [1.807, 2.05) is 6.07 Å². The Bertz CT molecular complexity index is 517. The minimum absolute atomic E-state index is 0.298. The van der Waals surface area contributed by atoms with Gasteiger partial charge in [-0.15, -0.1) is 0 Å². The van der Waals surface area contributed by atoms with E-state index in [2.05, 4.69) is 42.2 Å². The molecule has 0 unspecified atom stereocenters. The SMILES string of the molecule is Fc1cc(Nc2cncc(Br)c2)ccc1Br. The van der Waals surface area contributed by atoms with Gasteiger partial charge in [-0.1, -0.05) is 0 Å². The van der Waals surface area contributed by atoms with Crippen molar-refractivity contribution in [3.05, 3.63) is 51.4 Å². The molecule has 0 amide bonds. The van der Waals surface area contributed by atoms with Crippen molar-refractivity contribution in [1.82, 2.24) is 4.98 Å². The molecule has 0 saturated carbocycles. The second-order valence-electron chi connectivity index (χ2n) is 3.15. The zero-order valence-electron chi connectivity index (χ0n) is 8.05. The number of halogens is 3. The van der Waals surface area contributed by atoms with Gasteiger partial charge in [0.1, 0.15) is 5.82 Å². The van der Waals surface area contributed by atoms with Crippen molar-refractivity contribution < 1.29 is 4.39 Å². The van der Waals surface area contributed by atoms with Gasteiger partial charge < -0.3 is 5.32 Å².